The van der Waals surface area contributed by atoms with E-state index in [1.54, 1.807) is 37.4 Å². The molecule has 2 aromatic carbocycles. The van der Waals surface area contributed by atoms with E-state index in [1.165, 1.54) is 7.11 Å². The van der Waals surface area contributed by atoms with Crippen molar-refractivity contribution in [2.75, 3.05) is 14.2 Å². The van der Waals surface area contributed by atoms with Gasteiger partial charge in [-0.3, -0.25) is 0 Å². The molecule has 0 spiro atoms. The summed E-state index contributed by atoms with van der Waals surface area (Å²) < 4.78 is 15.9. The minimum Gasteiger partial charge on any atom is -0.496 e. The summed E-state index contributed by atoms with van der Waals surface area (Å²) in [6, 6.07) is 12.5. The third-order valence-electron chi connectivity index (χ3n) is 3.17. The van der Waals surface area contributed by atoms with Gasteiger partial charge in [0.05, 0.1) is 14.2 Å². The lowest BCUT2D eigenvalue weighted by Crippen LogP contribution is -2.10. The second kappa shape index (κ2) is 6.79. The van der Waals surface area contributed by atoms with Gasteiger partial charge in [-0.1, -0.05) is 25.1 Å². The lowest BCUT2D eigenvalue weighted by molar-refractivity contribution is 0.0726. The number of benzene rings is 2. The zero-order valence-corrected chi connectivity index (χ0v) is 12.4. The van der Waals surface area contributed by atoms with Crippen molar-refractivity contribution in [3.8, 4) is 17.2 Å². The van der Waals surface area contributed by atoms with Crippen LogP contribution in [0.15, 0.2) is 42.5 Å². The smallest absolute Gasteiger partial charge is 0.347 e. The number of carbonyl (C=O) groups is 1. The first-order valence-corrected chi connectivity index (χ1v) is 6.71. The summed E-state index contributed by atoms with van der Waals surface area (Å²) in [5.41, 5.74) is 1.49. The molecule has 2 rings (SSSR count). The molecule has 0 N–H and O–H groups in total. The first-order valence-electron chi connectivity index (χ1n) is 6.71. The van der Waals surface area contributed by atoms with Gasteiger partial charge in [-0.15, -0.1) is 0 Å². The van der Waals surface area contributed by atoms with Crippen molar-refractivity contribution >= 4 is 5.97 Å². The van der Waals surface area contributed by atoms with Gasteiger partial charge < -0.3 is 14.2 Å². The highest BCUT2D eigenvalue weighted by atomic mass is 16.6. The molecule has 0 saturated carbocycles. The maximum absolute atomic E-state index is 12.3. The molecule has 0 aromatic heterocycles. The van der Waals surface area contributed by atoms with Crippen LogP contribution in [0.25, 0.3) is 0 Å². The summed E-state index contributed by atoms with van der Waals surface area (Å²) in [6.45, 7) is 2.05. The van der Waals surface area contributed by atoms with Gasteiger partial charge in [-0.25, -0.2) is 4.79 Å². The van der Waals surface area contributed by atoms with E-state index in [0.717, 1.165) is 12.0 Å². The molecule has 0 aliphatic heterocycles. The van der Waals surface area contributed by atoms with Gasteiger partial charge in [0.15, 0.2) is 11.5 Å². The first-order chi connectivity index (χ1) is 10.2. The van der Waals surface area contributed by atoms with Crippen LogP contribution in [0, 0.1) is 0 Å². The van der Waals surface area contributed by atoms with E-state index in [2.05, 4.69) is 6.92 Å². The Balaban J connectivity index is 2.27. The number of para-hydroxylation sites is 1. The predicted octanol–water partition coefficient (Wildman–Crippen LogP) is 3.49. The molecule has 0 atom stereocenters. The molecule has 4 heteroatoms. The van der Waals surface area contributed by atoms with Gasteiger partial charge in [0, 0.05) is 0 Å². The first kappa shape index (κ1) is 14.9. The molecule has 0 bridgehead atoms. The Bertz CT molecular complexity index is 634. The predicted molar refractivity (Wildman–Crippen MR) is 80.3 cm³/mol. The number of rotatable bonds is 5. The minimum atomic E-state index is -0.477. The van der Waals surface area contributed by atoms with Crippen LogP contribution in [0.5, 0.6) is 17.2 Å². The number of aryl methyl sites for hydroxylation is 1. The summed E-state index contributed by atoms with van der Waals surface area (Å²) >= 11 is 0. The lowest BCUT2D eigenvalue weighted by Gasteiger charge is -2.12. The second-order valence-electron chi connectivity index (χ2n) is 4.43. The summed E-state index contributed by atoms with van der Waals surface area (Å²) in [5, 5.41) is 0. The molecule has 0 radical (unpaired) electrons. The topological polar surface area (TPSA) is 44.8 Å². The van der Waals surface area contributed by atoms with E-state index >= 15 is 0 Å². The fraction of sp³-hybridized carbons (Fsp3) is 0.235. The molecular weight excluding hydrogens is 268 g/mol. The number of esters is 1. The summed E-state index contributed by atoms with van der Waals surface area (Å²) in [6.07, 6.45) is 0.886. The van der Waals surface area contributed by atoms with Crippen molar-refractivity contribution in [3.05, 3.63) is 53.6 Å². The number of ether oxygens (including phenoxy) is 3. The minimum absolute atomic E-state index is 0.377. The molecule has 4 nitrogen and oxygen atoms in total. The molecule has 0 aliphatic carbocycles. The lowest BCUT2D eigenvalue weighted by atomic mass is 10.1. The summed E-state index contributed by atoms with van der Waals surface area (Å²) in [7, 11) is 3.07. The van der Waals surface area contributed by atoms with Gasteiger partial charge in [-0.05, 0) is 36.2 Å². The fourth-order valence-electron chi connectivity index (χ4n) is 1.98. The van der Waals surface area contributed by atoms with Crippen molar-refractivity contribution in [1.82, 2.24) is 0 Å². The highest BCUT2D eigenvalue weighted by molar-refractivity contribution is 5.94. The van der Waals surface area contributed by atoms with E-state index in [0.29, 0.717) is 22.8 Å². The number of methoxy groups -OCH3 is 2. The van der Waals surface area contributed by atoms with Crippen LogP contribution < -0.4 is 14.2 Å². The Morgan fingerprint density at radius 3 is 2.33 bits per heavy atom. The van der Waals surface area contributed by atoms with Crippen LogP contribution in [0.4, 0.5) is 0 Å². The van der Waals surface area contributed by atoms with Crippen LogP contribution in [0.2, 0.25) is 0 Å². The van der Waals surface area contributed by atoms with Gasteiger partial charge in [-0.2, -0.15) is 0 Å². The zero-order valence-electron chi connectivity index (χ0n) is 12.4. The van der Waals surface area contributed by atoms with Crippen molar-refractivity contribution in [1.29, 1.82) is 0 Å². The van der Waals surface area contributed by atoms with Crippen LogP contribution in [0.1, 0.15) is 22.8 Å². The van der Waals surface area contributed by atoms with Gasteiger partial charge in [0.2, 0.25) is 0 Å². The van der Waals surface area contributed by atoms with E-state index in [-0.39, 0.29) is 0 Å². The van der Waals surface area contributed by atoms with Crippen LogP contribution >= 0.6 is 0 Å². The van der Waals surface area contributed by atoms with E-state index < -0.39 is 5.97 Å². The number of carbonyl (C=O) groups excluding carboxylic acids is 1. The average molecular weight is 286 g/mol. The standard InChI is InChI=1S/C17H18O4/c1-4-12-9-10-15(16(11-12)20-3)21-17(18)13-7-5-6-8-14(13)19-2/h5-11H,4H2,1-3H3. The van der Waals surface area contributed by atoms with Crippen molar-refractivity contribution in [2.24, 2.45) is 0 Å². The Labute approximate surface area is 124 Å². The normalized spacial score (nSPS) is 10.0. The van der Waals surface area contributed by atoms with E-state index in [9.17, 15) is 4.79 Å². The fourth-order valence-corrected chi connectivity index (χ4v) is 1.98. The average Bonchev–Trinajstić information content (AvgIpc) is 2.55. The molecule has 21 heavy (non-hydrogen) atoms. The molecule has 0 unspecified atom stereocenters. The second-order valence-corrected chi connectivity index (χ2v) is 4.43. The van der Waals surface area contributed by atoms with Crippen molar-refractivity contribution < 1.29 is 19.0 Å². The van der Waals surface area contributed by atoms with E-state index in [4.69, 9.17) is 14.2 Å². The highest BCUT2D eigenvalue weighted by Gasteiger charge is 2.16. The molecule has 0 amide bonds. The molecule has 0 fully saturated rings. The van der Waals surface area contributed by atoms with Crippen LogP contribution in [-0.4, -0.2) is 20.2 Å². The van der Waals surface area contributed by atoms with Crippen LogP contribution in [-0.2, 0) is 6.42 Å². The zero-order chi connectivity index (χ0) is 15.2. The van der Waals surface area contributed by atoms with Gasteiger partial charge >= 0.3 is 5.97 Å². The number of hydrogen-bond acceptors (Lipinski definition) is 4. The number of hydrogen-bond donors (Lipinski definition) is 0. The molecule has 0 saturated heterocycles. The van der Waals surface area contributed by atoms with Gasteiger partial charge in [0.25, 0.3) is 0 Å². The Kier molecular flexibility index (Phi) is 4.82. The molecule has 2 aromatic rings. The summed E-state index contributed by atoms with van der Waals surface area (Å²) in [5.74, 6) is 0.935. The summed E-state index contributed by atoms with van der Waals surface area (Å²) in [4.78, 5) is 12.3. The largest absolute Gasteiger partial charge is 0.496 e. The third kappa shape index (κ3) is 3.34. The van der Waals surface area contributed by atoms with Crippen molar-refractivity contribution in [3.63, 3.8) is 0 Å². The Morgan fingerprint density at radius 1 is 0.952 bits per heavy atom. The van der Waals surface area contributed by atoms with E-state index in [1.807, 2.05) is 12.1 Å². The Hall–Kier alpha value is -2.49. The highest BCUT2D eigenvalue weighted by Crippen LogP contribution is 2.30. The van der Waals surface area contributed by atoms with Crippen LogP contribution in [0.3, 0.4) is 0 Å². The Morgan fingerprint density at radius 2 is 1.67 bits per heavy atom. The molecular formula is C17H18O4. The maximum atomic E-state index is 12.3. The molecule has 0 aliphatic rings. The quantitative estimate of drug-likeness (QED) is 0.623. The van der Waals surface area contributed by atoms with Gasteiger partial charge in [0.1, 0.15) is 11.3 Å². The monoisotopic (exact) mass is 286 g/mol. The third-order valence-corrected chi connectivity index (χ3v) is 3.17. The van der Waals surface area contributed by atoms with Crippen molar-refractivity contribution in [2.45, 2.75) is 13.3 Å². The maximum Gasteiger partial charge on any atom is 0.347 e. The molecule has 0 heterocycles. The molecule has 110 valence electrons. The SMILES string of the molecule is CCc1ccc(OC(=O)c2ccccc2OC)c(OC)c1.